The fraction of sp³-hybridized carbons (Fsp3) is 0.190. The maximum atomic E-state index is 12.4. The summed E-state index contributed by atoms with van der Waals surface area (Å²) in [4.78, 5) is 12.5. The van der Waals surface area contributed by atoms with E-state index in [-0.39, 0.29) is 17.4 Å². The van der Waals surface area contributed by atoms with Gasteiger partial charge >= 0.3 is 0 Å². The van der Waals surface area contributed by atoms with E-state index in [0.29, 0.717) is 11.4 Å². The zero-order valence-corrected chi connectivity index (χ0v) is 16.8. The van der Waals surface area contributed by atoms with Gasteiger partial charge in [0.25, 0.3) is 5.91 Å². The largest absolute Gasteiger partial charge is 0.483 e. The van der Waals surface area contributed by atoms with E-state index in [4.69, 9.17) is 4.74 Å². The molecular weight excluding hydrogens is 376 g/mol. The van der Waals surface area contributed by atoms with Gasteiger partial charge in [0, 0.05) is 25.2 Å². The third kappa shape index (κ3) is 4.16. The average Bonchev–Trinajstić information content (AvgIpc) is 2.67. The molecule has 0 radical (unpaired) electrons. The quantitative estimate of drug-likeness (QED) is 0.690. The highest BCUT2D eigenvalue weighted by atomic mass is 32.2. The van der Waals surface area contributed by atoms with Crippen molar-refractivity contribution in [1.29, 1.82) is 0 Å². The number of rotatable bonds is 6. The molecule has 3 aromatic rings. The number of carbonyl (C=O) groups excluding carboxylic acids is 1. The Morgan fingerprint density at radius 2 is 1.75 bits per heavy atom. The number of fused-ring (bicyclic) bond motifs is 1. The molecule has 7 heteroatoms. The van der Waals surface area contributed by atoms with Crippen LogP contribution in [0.5, 0.6) is 5.75 Å². The number of benzene rings is 3. The zero-order valence-electron chi connectivity index (χ0n) is 16.0. The van der Waals surface area contributed by atoms with E-state index in [2.05, 4.69) is 5.32 Å². The fourth-order valence-corrected chi connectivity index (χ4v) is 3.69. The molecule has 0 fully saturated rings. The van der Waals surface area contributed by atoms with Crippen LogP contribution in [-0.2, 0) is 14.8 Å². The topological polar surface area (TPSA) is 75.7 Å². The van der Waals surface area contributed by atoms with Crippen molar-refractivity contribution in [3.05, 3.63) is 66.2 Å². The van der Waals surface area contributed by atoms with E-state index >= 15 is 0 Å². The van der Waals surface area contributed by atoms with Crippen molar-refractivity contribution in [3.8, 4) is 5.75 Å². The van der Waals surface area contributed by atoms with E-state index in [0.717, 1.165) is 20.6 Å². The summed E-state index contributed by atoms with van der Waals surface area (Å²) in [6.45, 7) is 1.62. The molecule has 0 heterocycles. The lowest BCUT2D eigenvalue weighted by atomic mass is 10.1. The summed E-state index contributed by atoms with van der Waals surface area (Å²) >= 11 is 0. The van der Waals surface area contributed by atoms with Crippen LogP contribution in [0.25, 0.3) is 10.8 Å². The van der Waals surface area contributed by atoms with Crippen LogP contribution in [0.15, 0.2) is 65.6 Å². The lowest BCUT2D eigenvalue weighted by Crippen LogP contribution is -2.23. The van der Waals surface area contributed by atoms with Gasteiger partial charge in [-0.15, -0.1) is 0 Å². The average molecular weight is 398 g/mol. The summed E-state index contributed by atoms with van der Waals surface area (Å²) in [5, 5.41) is 4.68. The van der Waals surface area contributed by atoms with Crippen molar-refractivity contribution < 1.29 is 17.9 Å². The van der Waals surface area contributed by atoms with Crippen LogP contribution in [0.4, 0.5) is 5.69 Å². The number of amides is 1. The van der Waals surface area contributed by atoms with Gasteiger partial charge in [-0.3, -0.25) is 4.79 Å². The van der Waals surface area contributed by atoms with Gasteiger partial charge in [0.15, 0.2) is 6.61 Å². The van der Waals surface area contributed by atoms with Crippen molar-refractivity contribution in [1.82, 2.24) is 4.31 Å². The summed E-state index contributed by atoms with van der Waals surface area (Å²) in [5.74, 6) is 0.254. The van der Waals surface area contributed by atoms with Crippen molar-refractivity contribution >= 4 is 32.4 Å². The fourth-order valence-electron chi connectivity index (χ4n) is 2.76. The first-order valence-electron chi connectivity index (χ1n) is 8.72. The Bertz CT molecular complexity index is 1120. The van der Waals surface area contributed by atoms with Gasteiger partial charge in [0.05, 0.1) is 4.90 Å². The highest BCUT2D eigenvalue weighted by Gasteiger charge is 2.18. The minimum absolute atomic E-state index is 0.119. The number of ether oxygens (including phenoxy) is 1. The van der Waals surface area contributed by atoms with E-state index in [9.17, 15) is 13.2 Å². The Morgan fingerprint density at radius 3 is 2.50 bits per heavy atom. The monoisotopic (exact) mass is 398 g/mol. The highest BCUT2D eigenvalue weighted by Crippen LogP contribution is 2.25. The van der Waals surface area contributed by atoms with Gasteiger partial charge in [-0.25, -0.2) is 12.7 Å². The molecule has 0 bridgehead atoms. The smallest absolute Gasteiger partial charge is 0.262 e. The molecule has 0 atom stereocenters. The van der Waals surface area contributed by atoms with Crippen molar-refractivity contribution in [2.75, 3.05) is 26.0 Å². The van der Waals surface area contributed by atoms with Gasteiger partial charge < -0.3 is 10.1 Å². The second-order valence-corrected chi connectivity index (χ2v) is 8.73. The second kappa shape index (κ2) is 8.00. The third-order valence-electron chi connectivity index (χ3n) is 4.37. The Hall–Kier alpha value is -2.90. The molecule has 0 saturated heterocycles. The molecule has 0 unspecified atom stereocenters. The van der Waals surface area contributed by atoms with Crippen molar-refractivity contribution in [3.63, 3.8) is 0 Å². The summed E-state index contributed by atoms with van der Waals surface area (Å²) in [7, 11) is -0.653. The second-order valence-electron chi connectivity index (χ2n) is 6.58. The van der Waals surface area contributed by atoms with Gasteiger partial charge in [-0.05, 0) is 36.1 Å². The van der Waals surface area contributed by atoms with Gasteiger partial charge in [-0.1, -0.05) is 42.5 Å². The molecule has 0 aliphatic heterocycles. The number of nitrogens with zero attached hydrogens (tertiary/aromatic N) is 1. The van der Waals surface area contributed by atoms with Crippen molar-refractivity contribution in [2.24, 2.45) is 0 Å². The molecule has 1 N–H and O–H groups in total. The van der Waals surface area contributed by atoms with E-state index in [1.165, 1.54) is 26.2 Å². The molecule has 0 spiro atoms. The molecule has 3 rings (SSSR count). The Balaban J connectivity index is 1.75. The number of carbonyl (C=O) groups is 1. The first-order chi connectivity index (χ1) is 13.3. The van der Waals surface area contributed by atoms with Gasteiger partial charge in [0.2, 0.25) is 10.0 Å². The maximum absolute atomic E-state index is 12.4. The molecular formula is C21H22N2O4S. The molecule has 0 aliphatic rings. The van der Waals surface area contributed by atoms with Gasteiger partial charge in [0.1, 0.15) is 5.75 Å². The van der Waals surface area contributed by atoms with Gasteiger partial charge in [-0.2, -0.15) is 0 Å². The van der Waals surface area contributed by atoms with E-state index in [1.54, 1.807) is 13.0 Å². The first kappa shape index (κ1) is 19.9. The van der Waals surface area contributed by atoms with Crippen LogP contribution in [-0.4, -0.2) is 39.3 Å². The Morgan fingerprint density at radius 1 is 1.04 bits per heavy atom. The molecule has 6 nitrogen and oxygen atoms in total. The predicted octanol–water partition coefficient (Wildman–Crippen LogP) is 3.42. The first-order valence-corrected chi connectivity index (χ1v) is 10.2. The lowest BCUT2D eigenvalue weighted by Gasteiger charge is -2.15. The molecule has 0 aliphatic carbocycles. The number of anilines is 1. The molecule has 3 aromatic carbocycles. The summed E-state index contributed by atoms with van der Waals surface area (Å²) in [6.07, 6.45) is 0. The molecule has 1 amide bonds. The van der Waals surface area contributed by atoms with Crippen LogP contribution in [0.1, 0.15) is 5.56 Å². The van der Waals surface area contributed by atoms with Crippen LogP contribution < -0.4 is 10.1 Å². The van der Waals surface area contributed by atoms with Crippen LogP contribution >= 0.6 is 0 Å². The van der Waals surface area contributed by atoms with Crippen molar-refractivity contribution in [2.45, 2.75) is 11.8 Å². The highest BCUT2D eigenvalue weighted by molar-refractivity contribution is 7.89. The normalized spacial score (nSPS) is 11.6. The zero-order chi connectivity index (χ0) is 20.3. The maximum Gasteiger partial charge on any atom is 0.262 e. The lowest BCUT2D eigenvalue weighted by molar-refractivity contribution is -0.118. The minimum atomic E-state index is -3.58. The van der Waals surface area contributed by atoms with Crippen LogP contribution in [0.3, 0.4) is 0 Å². The predicted molar refractivity (Wildman–Crippen MR) is 110 cm³/mol. The molecule has 0 aromatic heterocycles. The third-order valence-corrected chi connectivity index (χ3v) is 6.18. The molecule has 0 saturated carbocycles. The van der Waals surface area contributed by atoms with Crippen LogP contribution in [0.2, 0.25) is 0 Å². The number of sulfonamides is 1. The number of aryl methyl sites for hydroxylation is 1. The SMILES string of the molecule is Cc1ccc(S(=O)(=O)N(C)C)cc1NC(=O)COc1cccc2ccccc12. The molecule has 146 valence electrons. The van der Waals surface area contributed by atoms with Crippen LogP contribution in [0, 0.1) is 6.92 Å². The number of hydrogen-bond acceptors (Lipinski definition) is 4. The number of hydrogen-bond donors (Lipinski definition) is 1. The molecule has 28 heavy (non-hydrogen) atoms. The number of nitrogens with one attached hydrogen (secondary N) is 1. The van der Waals surface area contributed by atoms with E-state index in [1.807, 2.05) is 42.5 Å². The Labute approximate surface area is 164 Å². The summed E-state index contributed by atoms with van der Waals surface area (Å²) < 4.78 is 31.4. The van der Waals surface area contributed by atoms with E-state index < -0.39 is 10.0 Å². The minimum Gasteiger partial charge on any atom is -0.483 e. The Kier molecular flexibility index (Phi) is 5.67. The summed E-state index contributed by atoms with van der Waals surface area (Å²) in [6, 6.07) is 18.1. The standard InChI is InChI=1S/C21H22N2O4S/c1-15-11-12-17(28(25,26)23(2)3)13-19(15)22-21(24)14-27-20-10-6-8-16-7-4-5-9-18(16)20/h4-13H,14H2,1-3H3,(H,22,24). The summed E-state index contributed by atoms with van der Waals surface area (Å²) in [5.41, 5.74) is 1.20.